The van der Waals surface area contributed by atoms with E-state index in [2.05, 4.69) is 0 Å². The number of carbonyl (C=O) groups excluding carboxylic acids is 1. The highest BCUT2D eigenvalue weighted by molar-refractivity contribution is 7.92. The molecule has 0 bridgehead atoms. The lowest BCUT2D eigenvalue weighted by Gasteiger charge is -2.31. The van der Waals surface area contributed by atoms with Gasteiger partial charge < -0.3 is 4.90 Å². The highest BCUT2D eigenvalue weighted by atomic mass is 32.2. The molecule has 1 aliphatic heterocycles. The molecule has 1 saturated heterocycles. The standard InChI is InChI=1S/C18H28N2O3S/c1-4-15-10-9-11-16(5-2)18(15)20(24(3,22)23)14-17(21)19-12-7-6-8-13-19/h9-11H,4-8,12-14H2,1-3H3. The zero-order valence-electron chi connectivity index (χ0n) is 14.9. The predicted molar refractivity (Wildman–Crippen MR) is 97.8 cm³/mol. The van der Waals surface area contributed by atoms with E-state index in [1.807, 2.05) is 32.0 Å². The van der Waals surface area contributed by atoms with Gasteiger partial charge in [-0.2, -0.15) is 0 Å². The molecule has 5 nitrogen and oxygen atoms in total. The van der Waals surface area contributed by atoms with Gasteiger partial charge in [0.05, 0.1) is 11.9 Å². The van der Waals surface area contributed by atoms with E-state index in [0.717, 1.165) is 56.3 Å². The normalized spacial score (nSPS) is 15.4. The number of anilines is 1. The van der Waals surface area contributed by atoms with Crippen molar-refractivity contribution in [3.63, 3.8) is 0 Å². The zero-order valence-corrected chi connectivity index (χ0v) is 15.7. The van der Waals surface area contributed by atoms with Crippen LogP contribution in [0.3, 0.4) is 0 Å². The smallest absolute Gasteiger partial charge is 0.243 e. The van der Waals surface area contributed by atoms with Gasteiger partial charge >= 0.3 is 0 Å². The number of hydrogen-bond donors (Lipinski definition) is 0. The number of nitrogens with zero attached hydrogens (tertiary/aromatic N) is 2. The largest absolute Gasteiger partial charge is 0.341 e. The minimum Gasteiger partial charge on any atom is -0.341 e. The van der Waals surface area contributed by atoms with Crippen molar-refractivity contribution in [2.75, 3.05) is 30.2 Å². The van der Waals surface area contributed by atoms with Crippen molar-refractivity contribution < 1.29 is 13.2 Å². The van der Waals surface area contributed by atoms with E-state index in [0.29, 0.717) is 5.69 Å². The first-order chi connectivity index (χ1) is 11.4. The van der Waals surface area contributed by atoms with Gasteiger partial charge in [-0.05, 0) is 43.2 Å². The number of piperidine rings is 1. The summed E-state index contributed by atoms with van der Waals surface area (Å²) >= 11 is 0. The number of benzene rings is 1. The number of sulfonamides is 1. The summed E-state index contributed by atoms with van der Waals surface area (Å²) in [6.45, 7) is 5.36. The fourth-order valence-electron chi connectivity index (χ4n) is 3.26. The average molecular weight is 353 g/mol. The Morgan fingerprint density at radius 2 is 1.62 bits per heavy atom. The van der Waals surface area contributed by atoms with Gasteiger partial charge in [-0.15, -0.1) is 0 Å². The second-order valence-electron chi connectivity index (χ2n) is 6.34. The number of likely N-dealkylation sites (tertiary alicyclic amines) is 1. The Kier molecular flexibility index (Phi) is 6.27. The van der Waals surface area contributed by atoms with Crippen LogP contribution in [0.15, 0.2) is 18.2 Å². The van der Waals surface area contributed by atoms with Crippen LogP contribution in [0.1, 0.15) is 44.2 Å². The maximum absolute atomic E-state index is 12.6. The Bertz CT molecular complexity index is 657. The van der Waals surface area contributed by atoms with E-state index in [1.165, 1.54) is 10.6 Å². The third kappa shape index (κ3) is 4.29. The van der Waals surface area contributed by atoms with E-state index in [-0.39, 0.29) is 12.5 Å². The van der Waals surface area contributed by atoms with Crippen LogP contribution in [-0.4, -0.2) is 45.1 Å². The Morgan fingerprint density at radius 3 is 2.08 bits per heavy atom. The molecule has 1 aliphatic rings. The van der Waals surface area contributed by atoms with Crippen molar-refractivity contribution in [1.29, 1.82) is 0 Å². The van der Waals surface area contributed by atoms with Crippen molar-refractivity contribution in [3.05, 3.63) is 29.3 Å². The molecule has 0 spiro atoms. The molecule has 0 aliphatic carbocycles. The monoisotopic (exact) mass is 352 g/mol. The third-order valence-electron chi connectivity index (χ3n) is 4.60. The Balaban J connectivity index is 2.38. The second-order valence-corrected chi connectivity index (χ2v) is 8.25. The van der Waals surface area contributed by atoms with Gasteiger partial charge in [-0.1, -0.05) is 32.0 Å². The van der Waals surface area contributed by atoms with Crippen molar-refractivity contribution in [3.8, 4) is 0 Å². The first-order valence-electron chi connectivity index (χ1n) is 8.74. The van der Waals surface area contributed by atoms with Gasteiger partial charge in [-0.3, -0.25) is 9.10 Å². The minimum atomic E-state index is -3.53. The molecular formula is C18H28N2O3S. The molecule has 0 unspecified atom stereocenters. The highest BCUT2D eigenvalue weighted by Gasteiger charge is 2.27. The van der Waals surface area contributed by atoms with Gasteiger partial charge in [0.1, 0.15) is 6.54 Å². The van der Waals surface area contributed by atoms with Crippen molar-refractivity contribution in [2.24, 2.45) is 0 Å². The quantitative estimate of drug-likeness (QED) is 0.791. The molecule has 0 N–H and O–H groups in total. The van der Waals surface area contributed by atoms with E-state index in [4.69, 9.17) is 0 Å². The second kappa shape index (κ2) is 8.01. The molecule has 0 aromatic heterocycles. The number of hydrogen-bond acceptors (Lipinski definition) is 3. The number of aryl methyl sites for hydroxylation is 2. The van der Waals surface area contributed by atoms with Crippen LogP contribution < -0.4 is 4.31 Å². The molecule has 0 atom stereocenters. The summed E-state index contributed by atoms with van der Waals surface area (Å²) in [5, 5.41) is 0. The lowest BCUT2D eigenvalue weighted by molar-refractivity contribution is -0.130. The van der Waals surface area contributed by atoms with Gasteiger partial charge in [0.2, 0.25) is 15.9 Å². The lowest BCUT2D eigenvalue weighted by atomic mass is 10.0. The molecular weight excluding hydrogens is 324 g/mol. The van der Waals surface area contributed by atoms with Crippen molar-refractivity contribution >= 4 is 21.6 Å². The lowest BCUT2D eigenvalue weighted by Crippen LogP contribution is -2.45. The molecule has 2 rings (SSSR count). The molecule has 1 aromatic rings. The predicted octanol–water partition coefficient (Wildman–Crippen LogP) is 2.59. The van der Waals surface area contributed by atoms with Crippen LogP contribution in [0.4, 0.5) is 5.69 Å². The maximum Gasteiger partial charge on any atom is 0.243 e. The molecule has 0 saturated carbocycles. The fraction of sp³-hybridized carbons (Fsp3) is 0.611. The molecule has 24 heavy (non-hydrogen) atoms. The molecule has 1 heterocycles. The fourth-order valence-corrected chi connectivity index (χ4v) is 4.17. The highest BCUT2D eigenvalue weighted by Crippen LogP contribution is 2.29. The van der Waals surface area contributed by atoms with Crippen LogP contribution >= 0.6 is 0 Å². The third-order valence-corrected chi connectivity index (χ3v) is 5.71. The average Bonchev–Trinajstić information content (AvgIpc) is 2.58. The van der Waals surface area contributed by atoms with Crippen molar-refractivity contribution in [2.45, 2.75) is 46.0 Å². The summed E-state index contributed by atoms with van der Waals surface area (Å²) < 4.78 is 26.2. The Labute approximate surface area is 145 Å². The van der Waals surface area contributed by atoms with Crippen LogP contribution in [-0.2, 0) is 27.7 Å². The van der Waals surface area contributed by atoms with Crippen LogP contribution in [0.5, 0.6) is 0 Å². The summed E-state index contributed by atoms with van der Waals surface area (Å²) in [5.74, 6) is -0.104. The summed E-state index contributed by atoms with van der Waals surface area (Å²) in [6, 6.07) is 5.84. The summed E-state index contributed by atoms with van der Waals surface area (Å²) in [4.78, 5) is 14.4. The topological polar surface area (TPSA) is 57.7 Å². The van der Waals surface area contributed by atoms with E-state index < -0.39 is 10.0 Å². The number of para-hydroxylation sites is 1. The van der Waals surface area contributed by atoms with Crippen LogP contribution in [0.2, 0.25) is 0 Å². The Morgan fingerprint density at radius 1 is 1.08 bits per heavy atom. The molecule has 6 heteroatoms. The molecule has 0 radical (unpaired) electrons. The van der Waals surface area contributed by atoms with E-state index in [1.54, 1.807) is 4.90 Å². The van der Waals surface area contributed by atoms with Crippen LogP contribution in [0.25, 0.3) is 0 Å². The van der Waals surface area contributed by atoms with Crippen LogP contribution in [0, 0.1) is 0 Å². The van der Waals surface area contributed by atoms with E-state index in [9.17, 15) is 13.2 Å². The molecule has 1 amide bonds. The minimum absolute atomic E-state index is 0.104. The number of carbonyl (C=O) groups is 1. The van der Waals surface area contributed by atoms with Gasteiger partial charge in [-0.25, -0.2) is 8.42 Å². The van der Waals surface area contributed by atoms with E-state index >= 15 is 0 Å². The van der Waals surface area contributed by atoms with Gasteiger partial charge in [0.25, 0.3) is 0 Å². The van der Waals surface area contributed by atoms with Gasteiger partial charge in [0, 0.05) is 13.1 Å². The number of amides is 1. The Hall–Kier alpha value is -1.56. The van der Waals surface area contributed by atoms with Crippen molar-refractivity contribution in [1.82, 2.24) is 4.90 Å². The first kappa shape index (κ1) is 18.8. The first-order valence-corrected chi connectivity index (χ1v) is 10.6. The number of rotatable bonds is 6. The molecule has 134 valence electrons. The molecule has 1 fully saturated rings. The SMILES string of the molecule is CCc1cccc(CC)c1N(CC(=O)N1CCCCC1)S(C)(=O)=O. The summed E-state index contributed by atoms with van der Waals surface area (Å²) in [7, 11) is -3.53. The molecule has 1 aromatic carbocycles. The zero-order chi connectivity index (χ0) is 17.7. The maximum atomic E-state index is 12.6. The summed E-state index contributed by atoms with van der Waals surface area (Å²) in [6.07, 6.45) is 5.77. The van der Waals surface area contributed by atoms with Gasteiger partial charge in [0.15, 0.2) is 0 Å². The summed E-state index contributed by atoms with van der Waals surface area (Å²) in [5.41, 5.74) is 2.62.